The standard InChI is InChI=1S/C19H24N4O3/c1-6-7-17-20-11-23(22-17)10-15-13(3)26-19(21-15)14-8-9-16(24-4)12(2)18(14)25-5/h8-9,11H,6-7,10H2,1-5H3. The zero-order chi connectivity index (χ0) is 18.7. The Hall–Kier alpha value is -2.83. The number of hydrogen-bond donors (Lipinski definition) is 0. The van der Waals surface area contributed by atoms with Gasteiger partial charge in [0.05, 0.1) is 26.3 Å². The maximum absolute atomic E-state index is 5.90. The van der Waals surface area contributed by atoms with Gasteiger partial charge in [-0.15, -0.1) is 0 Å². The van der Waals surface area contributed by atoms with E-state index in [9.17, 15) is 0 Å². The van der Waals surface area contributed by atoms with Crippen molar-refractivity contribution in [3.05, 3.63) is 41.3 Å². The first-order valence-corrected chi connectivity index (χ1v) is 8.63. The number of aryl methyl sites for hydroxylation is 2. The summed E-state index contributed by atoms with van der Waals surface area (Å²) in [6.07, 6.45) is 3.63. The molecule has 0 aliphatic heterocycles. The molecule has 7 heteroatoms. The van der Waals surface area contributed by atoms with Gasteiger partial charge in [-0.2, -0.15) is 5.10 Å². The number of methoxy groups -OCH3 is 2. The highest BCUT2D eigenvalue weighted by Crippen LogP contribution is 2.37. The lowest BCUT2D eigenvalue weighted by atomic mass is 10.1. The Morgan fingerprint density at radius 2 is 1.96 bits per heavy atom. The maximum Gasteiger partial charge on any atom is 0.230 e. The second kappa shape index (κ2) is 7.59. The molecule has 3 aromatic rings. The van der Waals surface area contributed by atoms with Gasteiger partial charge in [-0.3, -0.25) is 0 Å². The summed E-state index contributed by atoms with van der Waals surface area (Å²) >= 11 is 0. The van der Waals surface area contributed by atoms with Crippen molar-refractivity contribution < 1.29 is 13.9 Å². The van der Waals surface area contributed by atoms with Crippen LogP contribution in [0.15, 0.2) is 22.9 Å². The van der Waals surface area contributed by atoms with Crippen LogP contribution in [0.3, 0.4) is 0 Å². The third-order valence-corrected chi connectivity index (χ3v) is 4.27. The van der Waals surface area contributed by atoms with E-state index in [1.165, 1.54) is 0 Å². The van der Waals surface area contributed by atoms with E-state index in [4.69, 9.17) is 13.9 Å². The summed E-state index contributed by atoms with van der Waals surface area (Å²) in [7, 11) is 3.27. The van der Waals surface area contributed by atoms with Crippen LogP contribution in [0, 0.1) is 13.8 Å². The quantitative estimate of drug-likeness (QED) is 0.644. The summed E-state index contributed by atoms with van der Waals surface area (Å²) in [4.78, 5) is 8.97. The Morgan fingerprint density at radius 3 is 2.65 bits per heavy atom. The highest BCUT2D eigenvalue weighted by atomic mass is 16.5. The maximum atomic E-state index is 5.90. The average molecular weight is 356 g/mol. The highest BCUT2D eigenvalue weighted by molar-refractivity contribution is 5.68. The molecule has 0 aliphatic carbocycles. The lowest BCUT2D eigenvalue weighted by molar-refractivity contribution is 0.388. The van der Waals surface area contributed by atoms with Gasteiger partial charge >= 0.3 is 0 Å². The minimum Gasteiger partial charge on any atom is -0.496 e. The van der Waals surface area contributed by atoms with Gasteiger partial charge in [0, 0.05) is 12.0 Å². The first-order chi connectivity index (χ1) is 12.6. The van der Waals surface area contributed by atoms with Crippen molar-refractivity contribution in [2.45, 2.75) is 40.2 Å². The molecular formula is C19H24N4O3. The van der Waals surface area contributed by atoms with Gasteiger partial charge < -0.3 is 13.9 Å². The topological polar surface area (TPSA) is 75.2 Å². The Balaban J connectivity index is 1.91. The highest BCUT2D eigenvalue weighted by Gasteiger charge is 2.19. The number of nitrogens with zero attached hydrogens (tertiary/aromatic N) is 4. The molecule has 0 unspecified atom stereocenters. The van der Waals surface area contributed by atoms with E-state index in [1.807, 2.05) is 26.0 Å². The minimum atomic E-state index is 0.517. The minimum absolute atomic E-state index is 0.517. The van der Waals surface area contributed by atoms with E-state index in [0.29, 0.717) is 18.2 Å². The van der Waals surface area contributed by atoms with Crippen molar-refractivity contribution >= 4 is 0 Å². The second-order valence-corrected chi connectivity index (χ2v) is 6.10. The van der Waals surface area contributed by atoms with Crippen molar-refractivity contribution in [1.29, 1.82) is 0 Å². The number of rotatable bonds is 7. The molecule has 7 nitrogen and oxygen atoms in total. The number of hydrogen-bond acceptors (Lipinski definition) is 6. The fourth-order valence-corrected chi connectivity index (χ4v) is 2.92. The van der Waals surface area contributed by atoms with Gasteiger partial charge in [0.1, 0.15) is 29.3 Å². The van der Waals surface area contributed by atoms with Gasteiger partial charge in [-0.1, -0.05) is 6.92 Å². The molecule has 0 spiro atoms. The van der Waals surface area contributed by atoms with Crippen LogP contribution in [0.5, 0.6) is 11.5 Å². The molecule has 26 heavy (non-hydrogen) atoms. The van der Waals surface area contributed by atoms with E-state index < -0.39 is 0 Å². The Kier molecular flexibility index (Phi) is 5.25. The lowest BCUT2D eigenvalue weighted by Gasteiger charge is -2.12. The summed E-state index contributed by atoms with van der Waals surface area (Å²) in [5, 5.41) is 4.47. The summed E-state index contributed by atoms with van der Waals surface area (Å²) in [5.74, 6) is 3.58. The van der Waals surface area contributed by atoms with Crippen molar-refractivity contribution in [2.24, 2.45) is 0 Å². The number of benzene rings is 1. The van der Waals surface area contributed by atoms with Crippen LogP contribution in [0.2, 0.25) is 0 Å². The second-order valence-electron chi connectivity index (χ2n) is 6.10. The molecule has 2 aromatic heterocycles. The predicted molar refractivity (Wildman–Crippen MR) is 97.6 cm³/mol. The zero-order valence-electron chi connectivity index (χ0n) is 15.9. The molecule has 0 N–H and O–H groups in total. The molecule has 0 saturated heterocycles. The number of oxazole rings is 1. The lowest BCUT2D eigenvalue weighted by Crippen LogP contribution is -2.03. The largest absolute Gasteiger partial charge is 0.496 e. The van der Waals surface area contributed by atoms with Gasteiger partial charge in [0.25, 0.3) is 0 Å². The third kappa shape index (κ3) is 3.42. The first-order valence-electron chi connectivity index (χ1n) is 8.63. The van der Waals surface area contributed by atoms with Crippen LogP contribution < -0.4 is 9.47 Å². The van der Waals surface area contributed by atoms with Crippen LogP contribution in [0.1, 0.15) is 36.2 Å². The average Bonchev–Trinajstić information content (AvgIpc) is 3.22. The summed E-state index contributed by atoms with van der Waals surface area (Å²) in [5.41, 5.74) is 2.53. The van der Waals surface area contributed by atoms with E-state index >= 15 is 0 Å². The molecule has 138 valence electrons. The van der Waals surface area contributed by atoms with Crippen LogP contribution in [-0.4, -0.2) is 34.0 Å². The molecule has 0 aliphatic rings. The van der Waals surface area contributed by atoms with E-state index in [0.717, 1.165) is 47.0 Å². The first kappa shape index (κ1) is 18.0. The van der Waals surface area contributed by atoms with Crippen molar-refractivity contribution in [3.63, 3.8) is 0 Å². The Bertz CT molecular complexity index is 898. The van der Waals surface area contributed by atoms with Gasteiger partial charge in [-0.25, -0.2) is 14.6 Å². The van der Waals surface area contributed by atoms with E-state index in [-0.39, 0.29) is 0 Å². The van der Waals surface area contributed by atoms with Crippen molar-refractivity contribution in [1.82, 2.24) is 19.7 Å². The van der Waals surface area contributed by atoms with E-state index in [1.54, 1.807) is 25.2 Å². The molecule has 0 radical (unpaired) electrons. The molecule has 0 fully saturated rings. The monoisotopic (exact) mass is 356 g/mol. The smallest absolute Gasteiger partial charge is 0.230 e. The van der Waals surface area contributed by atoms with Crippen molar-refractivity contribution in [3.8, 4) is 23.0 Å². The molecule has 0 saturated carbocycles. The molecule has 0 bridgehead atoms. The zero-order valence-corrected chi connectivity index (χ0v) is 15.9. The Morgan fingerprint density at radius 1 is 1.15 bits per heavy atom. The molecular weight excluding hydrogens is 332 g/mol. The van der Waals surface area contributed by atoms with Gasteiger partial charge in [0.15, 0.2) is 5.82 Å². The van der Waals surface area contributed by atoms with Gasteiger partial charge in [-0.05, 0) is 32.4 Å². The van der Waals surface area contributed by atoms with E-state index in [2.05, 4.69) is 22.0 Å². The molecule has 0 atom stereocenters. The number of ether oxygens (including phenoxy) is 2. The third-order valence-electron chi connectivity index (χ3n) is 4.27. The Labute approximate surface area is 153 Å². The number of aromatic nitrogens is 4. The fraction of sp³-hybridized carbons (Fsp3) is 0.421. The van der Waals surface area contributed by atoms with Crippen LogP contribution in [0.25, 0.3) is 11.5 Å². The SMILES string of the molecule is CCCc1ncn(Cc2nc(-c3ccc(OC)c(C)c3OC)oc2C)n1. The molecule has 2 heterocycles. The van der Waals surface area contributed by atoms with Crippen molar-refractivity contribution in [2.75, 3.05) is 14.2 Å². The van der Waals surface area contributed by atoms with Crippen LogP contribution in [-0.2, 0) is 13.0 Å². The normalized spacial score (nSPS) is 11.0. The summed E-state index contributed by atoms with van der Waals surface area (Å²) in [6, 6.07) is 3.79. The van der Waals surface area contributed by atoms with Crippen LogP contribution >= 0.6 is 0 Å². The molecule has 0 amide bonds. The summed E-state index contributed by atoms with van der Waals surface area (Å²) < 4.78 is 18.6. The fourth-order valence-electron chi connectivity index (χ4n) is 2.92. The molecule has 1 aromatic carbocycles. The van der Waals surface area contributed by atoms with Crippen LogP contribution in [0.4, 0.5) is 0 Å². The summed E-state index contributed by atoms with van der Waals surface area (Å²) in [6.45, 7) is 6.48. The van der Waals surface area contributed by atoms with Gasteiger partial charge in [0.2, 0.25) is 5.89 Å². The molecule has 3 rings (SSSR count). The predicted octanol–water partition coefficient (Wildman–Crippen LogP) is 3.57.